The van der Waals surface area contributed by atoms with Crippen LogP contribution in [0.3, 0.4) is 0 Å². The number of benzene rings is 2. The molecule has 0 bridgehead atoms. The summed E-state index contributed by atoms with van der Waals surface area (Å²) in [7, 11) is 1.36. The van der Waals surface area contributed by atoms with Crippen molar-refractivity contribution < 1.29 is 37.0 Å². The zero-order chi connectivity index (χ0) is 30.5. The van der Waals surface area contributed by atoms with E-state index in [0.29, 0.717) is 35.7 Å². The quantitative estimate of drug-likeness (QED) is 0.139. The maximum atomic E-state index is 13.0. The predicted molar refractivity (Wildman–Crippen MR) is 151 cm³/mol. The van der Waals surface area contributed by atoms with E-state index in [9.17, 15) is 27.6 Å². The Balaban J connectivity index is 1.43. The first-order valence-corrected chi connectivity index (χ1v) is 13.4. The van der Waals surface area contributed by atoms with Gasteiger partial charge in [0.2, 0.25) is 5.91 Å². The first kappa shape index (κ1) is 32.2. The minimum absolute atomic E-state index is 0.0682. The molecule has 0 saturated heterocycles. The number of anilines is 2. The van der Waals surface area contributed by atoms with E-state index in [1.165, 1.54) is 13.2 Å². The first-order chi connectivity index (χ1) is 20.0. The minimum atomic E-state index is -4.65. The van der Waals surface area contributed by atoms with Gasteiger partial charge in [0.1, 0.15) is 11.5 Å². The van der Waals surface area contributed by atoms with Crippen molar-refractivity contribution in [2.75, 3.05) is 17.7 Å². The number of unbranched alkanes of at least 4 members (excludes halogenated alkanes) is 3. The van der Waals surface area contributed by atoms with Crippen molar-refractivity contribution in [3.8, 4) is 11.5 Å². The van der Waals surface area contributed by atoms with Gasteiger partial charge in [-0.2, -0.15) is 13.2 Å². The fraction of sp³-hybridized carbons (Fsp3) is 0.310. The van der Waals surface area contributed by atoms with E-state index < -0.39 is 22.8 Å². The van der Waals surface area contributed by atoms with E-state index >= 15 is 0 Å². The number of hydrogen-bond donors (Lipinski definition) is 3. The molecular formula is C29H30ClF3N4O5. The number of methoxy groups -OCH3 is 1. The average Bonchev–Trinajstić information content (AvgIpc) is 2.95. The minimum Gasteiger partial charge on any atom is -0.469 e. The van der Waals surface area contributed by atoms with Crippen LogP contribution in [0, 0.1) is 0 Å². The van der Waals surface area contributed by atoms with Gasteiger partial charge in [-0.15, -0.1) is 0 Å². The molecule has 3 amide bonds. The molecule has 1 aromatic heterocycles. The molecule has 2 aromatic carbocycles. The van der Waals surface area contributed by atoms with Crippen LogP contribution in [0.15, 0.2) is 60.8 Å². The lowest BCUT2D eigenvalue weighted by Crippen LogP contribution is -2.22. The molecule has 0 spiro atoms. The van der Waals surface area contributed by atoms with Crippen molar-refractivity contribution in [2.24, 2.45) is 0 Å². The Morgan fingerprint density at radius 2 is 1.52 bits per heavy atom. The lowest BCUT2D eigenvalue weighted by atomic mass is 10.1. The van der Waals surface area contributed by atoms with Crippen molar-refractivity contribution in [2.45, 2.75) is 51.2 Å². The highest BCUT2D eigenvalue weighted by molar-refractivity contribution is 6.31. The van der Waals surface area contributed by atoms with Crippen LogP contribution < -0.4 is 20.7 Å². The van der Waals surface area contributed by atoms with Crippen LogP contribution in [0.1, 0.15) is 49.8 Å². The molecule has 3 N–H and O–H groups in total. The summed E-state index contributed by atoms with van der Waals surface area (Å²) in [4.78, 5) is 39.7. The number of urea groups is 1. The number of carbonyl (C=O) groups is 3. The Morgan fingerprint density at radius 3 is 2.21 bits per heavy atom. The van der Waals surface area contributed by atoms with E-state index in [1.54, 1.807) is 42.6 Å². The van der Waals surface area contributed by atoms with Gasteiger partial charge in [0, 0.05) is 36.5 Å². The normalized spacial score (nSPS) is 11.0. The van der Waals surface area contributed by atoms with Gasteiger partial charge in [0.15, 0.2) is 0 Å². The van der Waals surface area contributed by atoms with Crippen molar-refractivity contribution in [3.63, 3.8) is 0 Å². The molecule has 0 saturated carbocycles. The highest BCUT2D eigenvalue weighted by Crippen LogP contribution is 2.36. The van der Waals surface area contributed by atoms with Gasteiger partial charge < -0.3 is 25.4 Å². The van der Waals surface area contributed by atoms with Gasteiger partial charge in [-0.25, -0.2) is 4.79 Å². The number of amides is 3. The fourth-order valence-corrected chi connectivity index (χ4v) is 3.99. The molecule has 224 valence electrons. The highest BCUT2D eigenvalue weighted by atomic mass is 35.5. The van der Waals surface area contributed by atoms with E-state index in [2.05, 4.69) is 25.7 Å². The third kappa shape index (κ3) is 10.9. The van der Waals surface area contributed by atoms with Gasteiger partial charge in [-0.05, 0) is 61.4 Å². The number of nitrogens with zero attached hydrogens (tertiary/aromatic N) is 1. The monoisotopic (exact) mass is 606 g/mol. The van der Waals surface area contributed by atoms with Gasteiger partial charge in [-0.1, -0.05) is 24.4 Å². The van der Waals surface area contributed by atoms with Crippen LogP contribution in [0.5, 0.6) is 11.5 Å². The Kier molecular flexibility index (Phi) is 12.0. The lowest BCUT2D eigenvalue weighted by Gasteiger charge is -2.13. The number of rotatable bonds is 13. The number of halogens is 4. The summed E-state index contributed by atoms with van der Waals surface area (Å²) in [6.45, 7) is 0.231. The van der Waals surface area contributed by atoms with Crippen LogP contribution in [0.4, 0.5) is 29.3 Å². The van der Waals surface area contributed by atoms with Crippen molar-refractivity contribution >= 4 is 40.9 Å². The van der Waals surface area contributed by atoms with Crippen molar-refractivity contribution in [1.82, 2.24) is 10.3 Å². The van der Waals surface area contributed by atoms with E-state index in [-0.39, 0.29) is 24.1 Å². The smallest absolute Gasteiger partial charge is 0.417 e. The van der Waals surface area contributed by atoms with Gasteiger partial charge in [0.25, 0.3) is 0 Å². The molecule has 0 aliphatic carbocycles. The van der Waals surface area contributed by atoms with E-state index in [0.717, 1.165) is 37.8 Å². The van der Waals surface area contributed by atoms with Gasteiger partial charge in [0.05, 0.1) is 29.9 Å². The molecule has 0 radical (unpaired) electrons. The number of pyridine rings is 1. The second-order valence-corrected chi connectivity index (χ2v) is 9.56. The Hall–Kier alpha value is -4.32. The van der Waals surface area contributed by atoms with E-state index in [1.807, 2.05) is 0 Å². The van der Waals surface area contributed by atoms with Crippen LogP contribution in [-0.2, 0) is 27.0 Å². The predicted octanol–water partition coefficient (Wildman–Crippen LogP) is 7.32. The van der Waals surface area contributed by atoms with E-state index in [4.69, 9.17) is 16.3 Å². The van der Waals surface area contributed by atoms with Crippen LogP contribution >= 0.6 is 11.6 Å². The maximum Gasteiger partial charge on any atom is 0.417 e. The van der Waals surface area contributed by atoms with Gasteiger partial charge in [-0.3, -0.25) is 14.6 Å². The van der Waals surface area contributed by atoms with Gasteiger partial charge >= 0.3 is 18.2 Å². The number of nitrogens with one attached hydrogen (secondary N) is 3. The zero-order valence-corrected chi connectivity index (χ0v) is 23.5. The number of alkyl halides is 3. The molecule has 3 aromatic rings. The summed E-state index contributed by atoms with van der Waals surface area (Å²) >= 11 is 5.61. The second-order valence-electron chi connectivity index (χ2n) is 9.15. The molecule has 9 nitrogen and oxygen atoms in total. The summed E-state index contributed by atoms with van der Waals surface area (Å²) in [5.74, 6) is 0.621. The second kappa shape index (κ2) is 15.6. The fourth-order valence-electron chi connectivity index (χ4n) is 3.76. The maximum absolute atomic E-state index is 13.0. The Labute approximate surface area is 245 Å². The number of aromatic nitrogens is 1. The molecule has 0 unspecified atom stereocenters. The summed E-state index contributed by atoms with van der Waals surface area (Å²) in [5, 5.41) is 7.24. The summed E-state index contributed by atoms with van der Waals surface area (Å²) in [6, 6.07) is 12.0. The number of hydrogen-bond acceptors (Lipinski definition) is 6. The zero-order valence-electron chi connectivity index (χ0n) is 22.7. The SMILES string of the molecule is COC(=O)CCCCCCC(=O)NCc1cc(Oc2ccc(NC(=O)Nc3ccc(Cl)c(C(F)(F)F)c3)cc2)ccn1. The standard InChI is InChI=1S/C29H30ClF3N4O5/c1-41-27(39)7-5-3-2-4-6-26(38)35-18-21-16-23(14-15-34-21)42-22-11-8-19(9-12-22)36-28(40)37-20-10-13-25(30)24(17-20)29(31,32)33/h8-17H,2-7,18H2,1H3,(H,35,38)(H2,36,37,40). The number of carbonyl (C=O) groups excluding carboxylic acids is 3. The number of ether oxygens (including phenoxy) is 2. The summed E-state index contributed by atoms with van der Waals surface area (Å²) in [6.07, 6.45) is 0.808. The number of esters is 1. The molecule has 42 heavy (non-hydrogen) atoms. The molecule has 13 heteroatoms. The highest BCUT2D eigenvalue weighted by Gasteiger charge is 2.33. The average molecular weight is 607 g/mol. The Bertz CT molecular complexity index is 1370. The first-order valence-electron chi connectivity index (χ1n) is 13.0. The molecule has 0 aliphatic rings. The van der Waals surface area contributed by atoms with Crippen LogP contribution in [0.25, 0.3) is 0 Å². The lowest BCUT2D eigenvalue weighted by molar-refractivity contribution is -0.141. The Morgan fingerprint density at radius 1 is 0.857 bits per heavy atom. The molecule has 0 atom stereocenters. The molecule has 1 heterocycles. The summed E-state index contributed by atoms with van der Waals surface area (Å²) in [5.41, 5.74) is -0.136. The third-order valence-electron chi connectivity index (χ3n) is 5.89. The summed E-state index contributed by atoms with van der Waals surface area (Å²) < 4.78 is 49.6. The third-order valence-corrected chi connectivity index (χ3v) is 6.22. The molecule has 0 aliphatic heterocycles. The molecular weight excluding hydrogens is 577 g/mol. The van der Waals surface area contributed by atoms with Crippen LogP contribution in [0.2, 0.25) is 5.02 Å². The largest absolute Gasteiger partial charge is 0.469 e. The van der Waals surface area contributed by atoms with Crippen molar-refractivity contribution in [1.29, 1.82) is 0 Å². The molecule has 0 fully saturated rings. The molecule has 3 rings (SSSR count). The topological polar surface area (TPSA) is 119 Å². The van der Waals surface area contributed by atoms with Crippen molar-refractivity contribution in [3.05, 3.63) is 77.1 Å². The van der Waals surface area contributed by atoms with Crippen LogP contribution in [-0.4, -0.2) is 30.0 Å².